The van der Waals surface area contributed by atoms with Crippen molar-refractivity contribution in [2.24, 2.45) is 10.8 Å². The standard InChI is InChI=1S/C34H33NO2/c1-33(20-36-21-33)18-24-7-11-26(12-8-24)27-13-16-32-30(17-27)29-5-3-4-6-31(29)35(32)28-14-9-25(10-15-28)19-34(2)22-37-23-34/h3-17H,18-23H2,1-2H3. The van der Waals surface area contributed by atoms with Gasteiger partial charge in [-0.25, -0.2) is 0 Å². The van der Waals surface area contributed by atoms with Crippen molar-refractivity contribution in [1.29, 1.82) is 0 Å². The van der Waals surface area contributed by atoms with Crippen LogP contribution >= 0.6 is 0 Å². The molecule has 37 heavy (non-hydrogen) atoms. The summed E-state index contributed by atoms with van der Waals surface area (Å²) in [6.45, 7) is 8.08. The van der Waals surface area contributed by atoms with Crippen LogP contribution in [-0.2, 0) is 22.3 Å². The summed E-state index contributed by atoms with van der Waals surface area (Å²) in [5, 5.41) is 2.58. The summed E-state index contributed by atoms with van der Waals surface area (Å²) in [6.07, 6.45) is 2.14. The van der Waals surface area contributed by atoms with Gasteiger partial charge in [-0.1, -0.05) is 74.5 Å². The van der Waals surface area contributed by atoms with Crippen molar-refractivity contribution in [2.45, 2.75) is 26.7 Å². The van der Waals surface area contributed by atoms with E-state index in [9.17, 15) is 0 Å². The predicted octanol–water partition coefficient (Wildman–Crippen LogP) is 7.61. The fourth-order valence-corrected chi connectivity index (χ4v) is 6.10. The van der Waals surface area contributed by atoms with Crippen LogP contribution in [0.3, 0.4) is 0 Å². The first-order valence-corrected chi connectivity index (χ1v) is 13.4. The van der Waals surface area contributed by atoms with Crippen molar-refractivity contribution in [1.82, 2.24) is 4.57 Å². The lowest BCUT2D eigenvalue weighted by Crippen LogP contribution is -2.41. The van der Waals surface area contributed by atoms with Crippen molar-refractivity contribution in [2.75, 3.05) is 26.4 Å². The molecule has 2 saturated heterocycles. The molecule has 0 saturated carbocycles. The smallest absolute Gasteiger partial charge is 0.0545 e. The molecule has 7 rings (SSSR count). The van der Waals surface area contributed by atoms with E-state index in [4.69, 9.17) is 9.47 Å². The summed E-state index contributed by atoms with van der Waals surface area (Å²) in [7, 11) is 0. The maximum absolute atomic E-state index is 5.45. The fraction of sp³-hybridized carbons (Fsp3) is 0.294. The average Bonchev–Trinajstić information content (AvgIpc) is 3.21. The van der Waals surface area contributed by atoms with Crippen LogP contribution in [0, 0.1) is 10.8 Å². The van der Waals surface area contributed by atoms with Crippen molar-refractivity contribution in [3.05, 3.63) is 102 Å². The van der Waals surface area contributed by atoms with Gasteiger partial charge >= 0.3 is 0 Å². The van der Waals surface area contributed by atoms with Gasteiger partial charge < -0.3 is 14.0 Å². The van der Waals surface area contributed by atoms with Crippen molar-refractivity contribution < 1.29 is 9.47 Å². The van der Waals surface area contributed by atoms with E-state index in [-0.39, 0.29) is 5.41 Å². The molecular formula is C34H33NO2. The van der Waals surface area contributed by atoms with Gasteiger partial charge in [0.2, 0.25) is 0 Å². The van der Waals surface area contributed by atoms with Crippen LogP contribution in [-0.4, -0.2) is 31.0 Å². The molecule has 2 aliphatic rings. The molecule has 0 atom stereocenters. The van der Waals surface area contributed by atoms with Gasteiger partial charge in [0, 0.05) is 27.3 Å². The first-order chi connectivity index (χ1) is 18.0. The van der Waals surface area contributed by atoms with Crippen LogP contribution in [0.15, 0.2) is 91.0 Å². The van der Waals surface area contributed by atoms with E-state index in [2.05, 4.69) is 109 Å². The normalized spacial score (nSPS) is 18.0. The topological polar surface area (TPSA) is 23.4 Å². The van der Waals surface area contributed by atoms with Crippen LogP contribution in [0.25, 0.3) is 38.6 Å². The second-order valence-corrected chi connectivity index (χ2v) is 11.9. The second-order valence-electron chi connectivity index (χ2n) is 11.9. The molecule has 3 heterocycles. The summed E-state index contributed by atoms with van der Waals surface area (Å²) in [5.41, 5.74) is 9.54. The molecule has 3 heteroatoms. The third-order valence-electron chi connectivity index (χ3n) is 8.22. The lowest BCUT2D eigenvalue weighted by Gasteiger charge is -2.38. The van der Waals surface area contributed by atoms with Gasteiger partial charge in [0.15, 0.2) is 0 Å². The van der Waals surface area contributed by atoms with Gasteiger partial charge in [0.05, 0.1) is 37.5 Å². The number of aromatic nitrogens is 1. The molecule has 0 radical (unpaired) electrons. The Morgan fingerprint density at radius 1 is 0.595 bits per heavy atom. The Morgan fingerprint density at radius 3 is 1.73 bits per heavy atom. The molecule has 0 bridgehead atoms. The summed E-state index contributed by atoms with van der Waals surface area (Å²) in [5.74, 6) is 0. The number of para-hydroxylation sites is 1. The second kappa shape index (κ2) is 8.58. The molecule has 0 aliphatic carbocycles. The highest BCUT2D eigenvalue weighted by molar-refractivity contribution is 6.10. The number of rotatable bonds is 6. The Labute approximate surface area is 218 Å². The summed E-state index contributed by atoms with van der Waals surface area (Å²) in [6, 6.07) is 33.9. The van der Waals surface area contributed by atoms with Crippen LogP contribution in [0.2, 0.25) is 0 Å². The van der Waals surface area contributed by atoms with E-state index in [0.717, 1.165) is 39.3 Å². The molecule has 3 nitrogen and oxygen atoms in total. The third kappa shape index (κ3) is 4.07. The lowest BCUT2D eigenvalue weighted by molar-refractivity contribution is -0.100. The molecule has 2 fully saturated rings. The van der Waals surface area contributed by atoms with Crippen LogP contribution < -0.4 is 0 Å². The van der Waals surface area contributed by atoms with Crippen LogP contribution in [0.5, 0.6) is 0 Å². The number of nitrogens with zero attached hydrogens (tertiary/aromatic N) is 1. The molecule has 0 spiro atoms. The number of benzene rings is 4. The molecule has 0 N–H and O–H groups in total. The first kappa shape index (κ1) is 22.8. The highest BCUT2D eigenvalue weighted by atomic mass is 16.5. The Hall–Kier alpha value is -3.40. The van der Waals surface area contributed by atoms with E-state index >= 15 is 0 Å². The number of hydrogen-bond acceptors (Lipinski definition) is 2. The Kier molecular flexibility index (Phi) is 5.28. The summed E-state index contributed by atoms with van der Waals surface area (Å²) >= 11 is 0. The molecule has 2 aliphatic heterocycles. The SMILES string of the molecule is CC1(Cc2ccc(-c3ccc4c(c3)c3ccccc3n4-c3ccc(CC4(C)COC4)cc3)cc2)COC1. The third-order valence-corrected chi connectivity index (χ3v) is 8.22. The Balaban J connectivity index is 1.24. The van der Waals surface area contributed by atoms with E-state index in [1.54, 1.807) is 0 Å². The van der Waals surface area contributed by atoms with Gasteiger partial charge in [-0.2, -0.15) is 0 Å². The number of fused-ring (bicyclic) bond motifs is 3. The van der Waals surface area contributed by atoms with E-state index in [1.165, 1.54) is 49.7 Å². The van der Waals surface area contributed by atoms with Gasteiger partial charge in [-0.3, -0.25) is 0 Å². The highest BCUT2D eigenvalue weighted by Gasteiger charge is 2.34. The zero-order valence-corrected chi connectivity index (χ0v) is 21.7. The van der Waals surface area contributed by atoms with Crippen molar-refractivity contribution in [3.8, 4) is 16.8 Å². The summed E-state index contributed by atoms with van der Waals surface area (Å²) < 4.78 is 13.3. The number of ether oxygens (including phenoxy) is 2. The molecule has 0 unspecified atom stereocenters. The van der Waals surface area contributed by atoms with Gasteiger partial charge in [-0.05, 0) is 65.4 Å². The van der Waals surface area contributed by atoms with E-state index < -0.39 is 0 Å². The molecule has 0 amide bonds. The molecular weight excluding hydrogens is 454 g/mol. The Morgan fingerprint density at radius 2 is 1.14 bits per heavy atom. The van der Waals surface area contributed by atoms with Gasteiger partial charge in [0.25, 0.3) is 0 Å². The van der Waals surface area contributed by atoms with Crippen molar-refractivity contribution >= 4 is 21.8 Å². The van der Waals surface area contributed by atoms with Crippen molar-refractivity contribution in [3.63, 3.8) is 0 Å². The monoisotopic (exact) mass is 487 g/mol. The quantitative estimate of drug-likeness (QED) is 0.246. The van der Waals surface area contributed by atoms with E-state index in [0.29, 0.717) is 5.41 Å². The minimum absolute atomic E-state index is 0.284. The molecule has 4 aromatic carbocycles. The van der Waals surface area contributed by atoms with Gasteiger partial charge in [0.1, 0.15) is 0 Å². The zero-order valence-electron chi connectivity index (χ0n) is 21.7. The average molecular weight is 488 g/mol. The highest BCUT2D eigenvalue weighted by Crippen LogP contribution is 2.36. The maximum atomic E-state index is 5.45. The largest absolute Gasteiger partial charge is 0.380 e. The fourth-order valence-electron chi connectivity index (χ4n) is 6.10. The molecule has 1 aromatic heterocycles. The predicted molar refractivity (Wildman–Crippen MR) is 151 cm³/mol. The van der Waals surface area contributed by atoms with Crippen LogP contribution in [0.1, 0.15) is 25.0 Å². The van der Waals surface area contributed by atoms with Gasteiger partial charge in [-0.15, -0.1) is 0 Å². The zero-order chi connectivity index (χ0) is 25.0. The maximum Gasteiger partial charge on any atom is 0.0545 e. The minimum Gasteiger partial charge on any atom is -0.380 e. The molecule has 5 aromatic rings. The minimum atomic E-state index is 0.284. The Bertz CT molecular complexity index is 1590. The molecule has 186 valence electrons. The lowest BCUT2D eigenvalue weighted by atomic mass is 9.82. The van der Waals surface area contributed by atoms with E-state index in [1.807, 2.05) is 0 Å². The number of hydrogen-bond donors (Lipinski definition) is 0. The van der Waals surface area contributed by atoms with Crippen LogP contribution in [0.4, 0.5) is 0 Å². The first-order valence-electron chi connectivity index (χ1n) is 13.4. The summed E-state index contributed by atoms with van der Waals surface area (Å²) in [4.78, 5) is 0.